The van der Waals surface area contributed by atoms with Crippen molar-refractivity contribution in [2.45, 2.75) is 39.8 Å². The molecule has 186 valence electrons. The molecule has 1 aromatic carbocycles. The minimum absolute atomic E-state index is 0.0431. The summed E-state index contributed by atoms with van der Waals surface area (Å²) in [5, 5.41) is 5.68. The fraction of sp³-hybridized carbons (Fsp3) is 0.542. The van der Waals surface area contributed by atoms with Crippen molar-refractivity contribution < 1.29 is 23.5 Å². The van der Waals surface area contributed by atoms with Gasteiger partial charge in [-0.05, 0) is 45.4 Å². The second-order valence-electron chi connectivity index (χ2n) is 8.38. The van der Waals surface area contributed by atoms with Gasteiger partial charge < -0.3 is 20.3 Å². The number of rotatable bonds is 7. The van der Waals surface area contributed by atoms with Crippen LogP contribution in [0.4, 0.5) is 14.0 Å². The Bertz CT molecular complexity index is 953. The summed E-state index contributed by atoms with van der Waals surface area (Å²) < 4.78 is 19.4. The number of piperazine rings is 1. The number of esters is 1. The summed E-state index contributed by atoms with van der Waals surface area (Å²) in [4.78, 5) is 43.9. The van der Waals surface area contributed by atoms with Crippen LogP contribution in [0.3, 0.4) is 0 Å². The van der Waals surface area contributed by atoms with Crippen LogP contribution >= 0.6 is 0 Å². The van der Waals surface area contributed by atoms with Gasteiger partial charge in [-0.2, -0.15) is 0 Å². The van der Waals surface area contributed by atoms with E-state index in [9.17, 15) is 18.8 Å². The molecule has 10 heteroatoms. The Hall–Kier alpha value is -3.14. The molecular formula is C24H34FN5O4. The largest absolute Gasteiger partial charge is 0.463 e. The fourth-order valence-electron chi connectivity index (χ4n) is 4.54. The van der Waals surface area contributed by atoms with Gasteiger partial charge in [0.05, 0.1) is 18.2 Å². The molecular weight excluding hydrogens is 441 g/mol. The molecule has 0 unspecified atom stereocenters. The summed E-state index contributed by atoms with van der Waals surface area (Å²) in [6, 6.07) is 4.54. The van der Waals surface area contributed by atoms with Crippen LogP contribution < -0.4 is 10.6 Å². The van der Waals surface area contributed by atoms with Crippen LogP contribution in [0.15, 0.2) is 35.5 Å². The molecule has 2 atom stereocenters. The van der Waals surface area contributed by atoms with Crippen molar-refractivity contribution in [2.75, 3.05) is 45.9 Å². The lowest BCUT2D eigenvalue weighted by atomic mass is 9.94. The maximum Gasteiger partial charge on any atom is 0.338 e. The third kappa shape index (κ3) is 5.49. The zero-order valence-corrected chi connectivity index (χ0v) is 20.3. The molecule has 2 aliphatic rings. The average Bonchev–Trinajstić information content (AvgIpc) is 2.79. The molecule has 0 bridgehead atoms. The van der Waals surface area contributed by atoms with Crippen LogP contribution in [-0.4, -0.2) is 84.6 Å². The Morgan fingerprint density at radius 3 is 2.62 bits per heavy atom. The number of nitrogens with zero attached hydrogens (tertiary/aromatic N) is 3. The number of ether oxygens (including phenoxy) is 1. The smallest absolute Gasteiger partial charge is 0.338 e. The normalized spacial score (nSPS) is 21.4. The van der Waals surface area contributed by atoms with Crippen LogP contribution in [0, 0.1) is 5.82 Å². The highest BCUT2D eigenvalue weighted by atomic mass is 19.1. The standard InChI is InChI=1S/C24H34FN5O4/c1-5-26-23(32)30-12-11-28(14-16(30)4)15-19-20(22(31)34-7-3)21(27-24(33)29(19)6-2)17-9-8-10-18(25)13-17/h8-10,13,16,21H,5-7,11-12,14-15H2,1-4H3,(H,26,32)(H,27,33)/t16-,21+/m1/s1. The van der Waals surface area contributed by atoms with E-state index in [-0.39, 0.29) is 24.7 Å². The zero-order chi connectivity index (χ0) is 24.8. The second-order valence-corrected chi connectivity index (χ2v) is 8.38. The van der Waals surface area contributed by atoms with Crippen molar-refractivity contribution in [3.8, 4) is 0 Å². The molecule has 0 spiro atoms. The summed E-state index contributed by atoms with van der Waals surface area (Å²) in [7, 11) is 0. The number of carbonyl (C=O) groups is 3. The summed E-state index contributed by atoms with van der Waals surface area (Å²) in [5.41, 5.74) is 1.31. The van der Waals surface area contributed by atoms with Crippen molar-refractivity contribution in [2.24, 2.45) is 0 Å². The third-order valence-corrected chi connectivity index (χ3v) is 6.11. The number of urea groups is 2. The number of carbonyl (C=O) groups excluding carboxylic acids is 3. The van der Waals surface area contributed by atoms with Gasteiger partial charge in [0.1, 0.15) is 5.82 Å². The van der Waals surface area contributed by atoms with Crippen molar-refractivity contribution in [1.29, 1.82) is 0 Å². The quantitative estimate of drug-likeness (QED) is 0.591. The van der Waals surface area contributed by atoms with Crippen molar-refractivity contribution in [3.63, 3.8) is 0 Å². The van der Waals surface area contributed by atoms with Gasteiger partial charge in [0.2, 0.25) is 0 Å². The number of hydrogen-bond donors (Lipinski definition) is 2. The Morgan fingerprint density at radius 2 is 2.00 bits per heavy atom. The SMILES string of the molecule is CCNC(=O)N1CCN(CC2=C(C(=O)OCC)[C@H](c3cccc(F)c3)NC(=O)N2CC)C[C@H]1C. The molecule has 1 fully saturated rings. The molecule has 4 amide bonds. The van der Waals surface area contributed by atoms with Gasteiger partial charge in [-0.3, -0.25) is 9.80 Å². The molecule has 2 heterocycles. The molecule has 34 heavy (non-hydrogen) atoms. The molecule has 0 aliphatic carbocycles. The number of amides is 4. The molecule has 0 aromatic heterocycles. The van der Waals surface area contributed by atoms with Crippen molar-refractivity contribution in [1.82, 2.24) is 25.3 Å². The van der Waals surface area contributed by atoms with E-state index in [0.29, 0.717) is 56.1 Å². The van der Waals surface area contributed by atoms with Crippen LogP contribution in [0.1, 0.15) is 39.3 Å². The van der Waals surface area contributed by atoms with Crippen LogP contribution in [0.2, 0.25) is 0 Å². The highest BCUT2D eigenvalue weighted by Gasteiger charge is 2.39. The first kappa shape index (κ1) is 25.5. The second kappa shape index (κ2) is 11.3. The lowest BCUT2D eigenvalue weighted by Crippen LogP contribution is -2.58. The van der Waals surface area contributed by atoms with Gasteiger partial charge in [0, 0.05) is 51.0 Å². The van der Waals surface area contributed by atoms with Gasteiger partial charge >= 0.3 is 18.0 Å². The van der Waals surface area contributed by atoms with Crippen LogP contribution in [0.5, 0.6) is 0 Å². The first-order chi connectivity index (χ1) is 16.3. The monoisotopic (exact) mass is 475 g/mol. The van der Waals surface area contributed by atoms with E-state index in [0.717, 1.165) is 0 Å². The highest BCUT2D eigenvalue weighted by molar-refractivity contribution is 5.95. The number of benzene rings is 1. The van der Waals surface area contributed by atoms with Gasteiger partial charge in [-0.15, -0.1) is 0 Å². The van der Waals surface area contributed by atoms with E-state index in [1.807, 2.05) is 20.8 Å². The molecule has 2 N–H and O–H groups in total. The lowest BCUT2D eigenvalue weighted by Gasteiger charge is -2.42. The Labute approximate surface area is 199 Å². The minimum Gasteiger partial charge on any atom is -0.463 e. The molecule has 3 rings (SSSR count). The summed E-state index contributed by atoms with van der Waals surface area (Å²) in [5.74, 6) is -0.996. The molecule has 9 nitrogen and oxygen atoms in total. The predicted molar refractivity (Wildman–Crippen MR) is 125 cm³/mol. The predicted octanol–water partition coefficient (Wildman–Crippen LogP) is 2.46. The average molecular weight is 476 g/mol. The summed E-state index contributed by atoms with van der Waals surface area (Å²) >= 11 is 0. The van der Waals surface area contributed by atoms with E-state index in [1.54, 1.807) is 24.0 Å². The number of hydrogen-bond acceptors (Lipinski definition) is 5. The van der Waals surface area contributed by atoms with Crippen molar-refractivity contribution in [3.05, 3.63) is 46.9 Å². The molecule has 0 radical (unpaired) electrons. The molecule has 0 saturated carbocycles. The van der Waals surface area contributed by atoms with Gasteiger partial charge in [-0.25, -0.2) is 18.8 Å². The number of halogens is 1. The topological polar surface area (TPSA) is 94.2 Å². The first-order valence-corrected chi connectivity index (χ1v) is 11.8. The highest BCUT2D eigenvalue weighted by Crippen LogP contribution is 2.32. The van der Waals surface area contributed by atoms with Crippen LogP contribution in [-0.2, 0) is 9.53 Å². The maximum absolute atomic E-state index is 14.0. The molecule has 1 saturated heterocycles. The Balaban J connectivity index is 1.96. The van der Waals surface area contributed by atoms with Crippen molar-refractivity contribution >= 4 is 18.0 Å². The summed E-state index contributed by atoms with van der Waals surface area (Å²) in [6.07, 6.45) is 0. The summed E-state index contributed by atoms with van der Waals surface area (Å²) in [6.45, 7) is 10.5. The third-order valence-electron chi connectivity index (χ3n) is 6.11. The van der Waals surface area contributed by atoms with Crippen LogP contribution in [0.25, 0.3) is 0 Å². The maximum atomic E-state index is 14.0. The first-order valence-electron chi connectivity index (χ1n) is 11.8. The van der Waals surface area contributed by atoms with E-state index in [4.69, 9.17) is 4.74 Å². The van der Waals surface area contributed by atoms with Gasteiger partial charge in [-0.1, -0.05) is 12.1 Å². The van der Waals surface area contributed by atoms with E-state index < -0.39 is 17.8 Å². The molecule has 1 aromatic rings. The van der Waals surface area contributed by atoms with E-state index in [2.05, 4.69) is 15.5 Å². The van der Waals surface area contributed by atoms with E-state index >= 15 is 0 Å². The molecule has 2 aliphatic heterocycles. The Morgan fingerprint density at radius 1 is 1.24 bits per heavy atom. The lowest BCUT2D eigenvalue weighted by molar-refractivity contribution is -0.139. The number of likely N-dealkylation sites (N-methyl/N-ethyl adjacent to an activating group) is 1. The van der Waals surface area contributed by atoms with Gasteiger partial charge in [0.15, 0.2) is 0 Å². The van der Waals surface area contributed by atoms with Gasteiger partial charge in [0.25, 0.3) is 0 Å². The zero-order valence-electron chi connectivity index (χ0n) is 20.3. The van der Waals surface area contributed by atoms with E-state index in [1.165, 1.54) is 17.0 Å². The Kier molecular flexibility index (Phi) is 8.49. The minimum atomic E-state index is -0.825. The number of nitrogens with one attached hydrogen (secondary N) is 2. The fourth-order valence-corrected chi connectivity index (χ4v) is 4.54.